The van der Waals surface area contributed by atoms with Gasteiger partial charge in [-0.2, -0.15) is 0 Å². The first-order chi connectivity index (χ1) is 8.91. The Labute approximate surface area is 125 Å². The fourth-order valence-electron chi connectivity index (χ4n) is 2.08. The average Bonchev–Trinajstić information content (AvgIpc) is 2.34. The zero-order chi connectivity index (χ0) is 14.4. The molecule has 0 aliphatic carbocycles. The summed E-state index contributed by atoms with van der Waals surface area (Å²) in [5.74, 6) is 0.759. The molecule has 0 heterocycles. The quantitative estimate of drug-likeness (QED) is 0.764. The maximum absolute atomic E-state index is 12.3. The summed E-state index contributed by atoms with van der Waals surface area (Å²) in [5, 5.41) is 0. The Bertz CT molecular complexity index is 415. The first-order valence-electron chi connectivity index (χ1n) is 6.94. The van der Waals surface area contributed by atoms with Crippen LogP contribution in [-0.2, 0) is 11.2 Å². The van der Waals surface area contributed by atoms with Crippen LogP contribution in [0.15, 0.2) is 28.7 Å². The fraction of sp³-hybridized carbons (Fsp3) is 0.562. The van der Waals surface area contributed by atoms with Crippen molar-refractivity contribution in [3.8, 4) is 0 Å². The molecule has 0 N–H and O–H groups in total. The predicted molar refractivity (Wildman–Crippen MR) is 84.2 cm³/mol. The van der Waals surface area contributed by atoms with Gasteiger partial charge >= 0.3 is 0 Å². The summed E-state index contributed by atoms with van der Waals surface area (Å²) in [6.45, 7) is 9.30. The summed E-state index contributed by atoms with van der Waals surface area (Å²) in [5.41, 5.74) is 1.20. The highest BCUT2D eigenvalue weighted by Gasteiger charge is 2.17. The highest BCUT2D eigenvalue weighted by Crippen LogP contribution is 2.18. The van der Waals surface area contributed by atoms with Crippen LogP contribution in [0.2, 0.25) is 0 Å². The molecule has 0 bridgehead atoms. The highest BCUT2D eigenvalue weighted by molar-refractivity contribution is 9.10. The molecule has 0 aliphatic rings. The van der Waals surface area contributed by atoms with E-state index in [1.165, 1.54) is 5.56 Å². The van der Waals surface area contributed by atoms with Crippen molar-refractivity contribution in [2.75, 3.05) is 6.54 Å². The smallest absolute Gasteiger partial charge is 0.223 e. The first kappa shape index (κ1) is 16.2. The van der Waals surface area contributed by atoms with Crippen molar-refractivity contribution in [1.29, 1.82) is 0 Å². The minimum Gasteiger partial charge on any atom is -0.340 e. The van der Waals surface area contributed by atoms with Crippen LogP contribution >= 0.6 is 15.9 Å². The van der Waals surface area contributed by atoms with Gasteiger partial charge in [0.2, 0.25) is 5.91 Å². The van der Waals surface area contributed by atoms with E-state index in [4.69, 9.17) is 0 Å². The molecule has 0 spiro atoms. The molecule has 2 nitrogen and oxygen atoms in total. The minimum atomic E-state index is 0.249. The van der Waals surface area contributed by atoms with Gasteiger partial charge in [0.05, 0.1) is 0 Å². The summed E-state index contributed by atoms with van der Waals surface area (Å²) in [7, 11) is 0. The van der Waals surface area contributed by atoms with E-state index in [1.54, 1.807) is 0 Å². The van der Waals surface area contributed by atoms with Crippen LogP contribution in [0, 0.1) is 5.92 Å². The molecule has 0 atom stereocenters. The summed E-state index contributed by atoms with van der Waals surface area (Å²) in [6.07, 6.45) is 1.37. The number of aryl methyl sites for hydroxylation is 1. The van der Waals surface area contributed by atoms with Gasteiger partial charge in [0.1, 0.15) is 0 Å². The molecule has 19 heavy (non-hydrogen) atoms. The van der Waals surface area contributed by atoms with Gasteiger partial charge in [-0.3, -0.25) is 4.79 Å². The third-order valence-electron chi connectivity index (χ3n) is 3.07. The van der Waals surface area contributed by atoms with E-state index in [-0.39, 0.29) is 11.9 Å². The molecule has 0 fully saturated rings. The van der Waals surface area contributed by atoms with Crippen LogP contribution in [-0.4, -0.2) is 23.4 Å². The molecule has 1 amide bonds. The molecule has 0 aliphatic heterocycles. The molecule has 0 aromatic heterocycles. The van der Waals surface area contributed by atoms with Gasteiger partial charge in [0.15, 0.2) is 0 Å². The van der Waals surface area contributed by atoms with Crippen LogP contribution in [0.4, 0.5) is 0 Å². The number of rotatable bonds is 6. The van der Waals surface area contributed by atoms with E-state index in [9.17, 15) is 4.79 Å². The molecule has 106 valence electrons. The Morgan fingerprint density at radius 2 is 1.84 bits per heavy atom. The van der Waals surface area contributed by atoms with Gasteiger partial charge < -0.3 is 4.90 Å². The van der Waals surface area contributed by atoms with E-state index in [0.29, 0.717) is 12.3 Å². The number of hydrogen-bond acceptors (Lipinski definition) is 1. The van der Waals surface area contributed by atoms with Crippen LogP contribution in [0.3, 0.4) is 0 Å². The molecule has 1 aromatic carbocycles. The number of amides is 1. The lowest BCUT2D eigenvalue weighted by atomic mass is 10.1. The zero-order valence-electron chi connectivity index (χ0n) is 12.3. The first-order valence-corrected chi connectivity index (χ1v) is 7.74. The topological polar surface area (TPSA) is 20.3 Å². The minimum absolute atomic E-state index is 0.249. The van der Waals surface area contributed by atoms with Gasteiger partial charge in [-0.25, -0.2) is 0 Å². The van der Waals surface area contributed by atoms with Crippen molar-refractivity contribution in [1.82, 2.24) is 4.90 Å². The number of carbonyl (C=O) groups is 1. The van der Waals surface area contributed by atoms with Gasteiger partial charge in [0.25, 0.3) is 0 Å². The molecule has 3 heteroatoms. The van der Waals surface area contributed by atoms with Crippen molar-refractivity contribution in [3.05, 3.63) is 34.3 Å². The van der Waals surface area contributed by atoms with Crippen LogP contribution in [0.1, 0.15) is 39.7 Å². The Hall–Kier alpha value is -0.830. The molecule has 1 aromatic rings. The third-order valence-corrected chi connectivity index (χ3v) is 3.85. The lowest BCUT2D eigenvalue weighted by Gasteiger charge is -2.28. The van der Waals surface area contributed by atoms with Crippen molar-refractivity contribution < 1.29 is 4.79 Å². The van der Waals surface area contributed by atoms with Gasteiger partial charge in [-0.1, -0.05) is 48.0 Å². The second-order valence-corrected chi connectivity index (χ2v) is 6.48. The maximum Gasteiger partial charge on any atom is 0.223 e. The number of halogens is 1. The van der Waals surface area contributed by atoms with Crippen molar-refractivity contribution in [2.24, 2.45) is 5.92 Å². The standard InChI is InChI=1S/C16H24BrNO/c1-12(2)11-18(13(3)4)16(19)10-9-14-7-5-6-8-15(14)17/h5-8,12-13H,9-11H2,1-4H3. The zero-order valence-corrected chi connectivity index (χ0v) is 13.9. The molecular weight excluding hydrogens is 302 g/mol. The van der Waals surface area contributed by atoms with Crippen molar-refractivity contribution in [3.63, 3.8) is 0 Å². The van der Waals surface area contributed by atoms with Gasteiger partial charge in [0, 0.05) is 23.5 Å². The van der Waals surface area contributed by atoms with Crippen LogP contribution in [0.5, 0.6) is 0 Å². The van der Waals surface area contributed by atoms with E-state index in [0.717, 1.165) is 17.4 Å². The van der Waals surface area contributed by atoms with Gasteiger partial charge in [-0.05, 0) is 37.8 Å². The summed E-state index contributed by atoms with van der Waals surface area (Å²) in [6, 6.07) is 8.37. The van der Waals surface area contributed by atoms with Crippen LogP contribution < -0.4 is 0 Å². The number of nitrogens with zero attached hydrogens (tertiary/aromatic N) is 1. The van der Waals surface area contributed by atoms with E-state index in [1.807, 2.05) is 23.1 Å². The number of benzene rings is 1. The van der Waals surface area contributed by atoms with Crippen molar-refractivity contribution in [2.45, 2.75) is 46.6 Å². The molecule has 0 unspecified atom stereocenters. The normalized spacial score (nSPS) is 11.1. The summed E-state index contributed by atoms with van der Waals surface area (Å²) >= 11 is 3.53. The SMILES string of the molecule is CC(C)CN(C(=O)CCc1ccccc1Br)C(C)C. The lowest BCUT2D eigenvalue weighted by Crippen LogP contribution is -2.39. The third kappa shape index (κ3) is 5.35. The number of carbonyl (C=O) groups excluding carboxylic acids is 1. The Balaban J connectivity index is 2.60. The second-order valence-electron chi connectivity index (χ2n) is 5.63. The van der Waals surface area contributed by atoms with Crippen molar-refractivity contribution >= 4 is 21.8 Å². The van der Waals surface area contributed by atoms with Gasteiger partial charge in [-0.15, -0.1) is 0 Å². The summed E-state index contributed by atoms with van der Waals surface area (Å²) in [4.78, 5) is 14.3. The Morgan fingerprint density at radius 3 is 2.37 bits per heavy atom. The molecule has 0 saturated carbocycles. The average molecular weight is 326 g/mol. The van der Waals surface area contributed by atoms with Crippen LogP contribution in [0.25, 0.3) is 0 Å². The predicted octanol–water partition coefficient (Wildman–Crippen LogP) is 4.27. The molecule has 0 radical (unpaired) electrons. The number of hydrogen-bond donors (Lipinski definition) is 0. The van der Waals surface area contributed by atoms with E-state index in [2.05, 4.69) is 49.7 Å². The largest absolute Gasteiger partial charge is 0.340 e. The Morgan fingerprint density at radius 1 is 1.21 bits per heavy atom. The second kappa shape index (κ2) is 7.68. The maximum atomic E-state index is 12.3. The van der Waals surface area contributed by atoms with E-state index < -0.39 is 0 Å². The lowest BCUT2D eigenvalue weighted by molar-refractivity contribution is -0.133. The highest BCUT2D eigenvalue weighted by atomic mass is 79.9. The van der Waals surface area contributed by atoms with E-state index >= 15 is 0 Å². The Kier molecular flexibility index (Phi) is 6.56. The molecule has 1 rings (SSSR count). The molecule has 0 saturated heterocycles. The fourth-order valence-corrected chi connectivity index (χ4v) is 2.56. The summed E-state index contributed by atoms with van der Waals surface area (Å²) < 4.78 is 1.09. The monoisotopic (exact) mass is 325 g/mol. The molecular formula is C16H24BrNO.